The van der Waals surface area contributed by atoms with E-state index in [-0.39, 0.29) is 0 Å². The molecule has 2 heteroatoms. The molecule has 2 atom stereocenters. The first-order valence-corrected chi connectivity index (χ1v) is 7.69. The van der Waals surface area contributed by atoms with E-state index >= 15 is 0 Å². The van der Waals surface area contributed by atoms with Gasteiger partial charge in [-0.15, -0.1) is 0 Å². The topological polar surface area (TPSA) is 21.3 Å². The molecule has 102 valence electrons. The monoisotopic (exact) mass is 241 g/mol. The van der Waals surface area contributed by atoms with Gasteiger partial charge in [-0.3, -0.25) is 0 Å². The van der Waals surface area contributed by atoms with Crippen molar-refractivity contribution in [1.82, 2.24) is 5.32 Å². The fourth-order valence-electron chi connectivity index (χ4n) is 2.80. The molecular weight excluding hydrogens is 210 g/mol. The third-order valence-corrected chi connectivity index (χ3v) is 3.87. The maximum Gasteiger partial charge on any atom is 0.0509 e. The quantitative estimate of drug-likeness (QED) is 0.621. The zero-order valence-electron chi connectivity index (χ0n) is 11.8. The highest BCUT2D eigenvalue weighted by Crippen LogP contribution is 2.21. The zero-order chi connectivity index (χ0) is 12.3. The van der Waals surface area contributed by atoms with Crippen molar-refractivity contribution < 1.29 is 4.74 Å². The Morgan fingerprint density at radius 1 is 1.06 bits per heavy atom. The minimum absolute atomic E-state index is 0.712. The Morgan fingerprint density at radius 3 is 2.59 bits per heavy atom. The molecule has 0 aromatic heterocycles. The third kappa shape index (κ3) is 6.42. The summed E-state index contributed by atoms with van der Waals surface area (Å²) in [5.41, 5.74) is 0. The summed E-state index contributed by atoms with van der Waals surface area (Å²) in [5.74, 6) is 0.759. The summed E-state index contributed by atoms with van der Waals surface area (Å²) in [6.45, 7) is 7.51. The molecule has 0 amide bonds. The lowest BCUT2D eigenvalue weighted by molar-refractivity contribution is 0.0282. The molecule has 1 fully saturated rings. The summed E-state index contributed by atoms with van der Waals surface area (Å²) in [6.07, 6.45) is 11.0. The molecule has 1 aliphatic rings. The number of nitrogens with one attached hydrogen (secondary N) is 1. The maximum absolute atomic E-state index is 5.61. The van der Waals surface area contributed by atoms with Crippen molar-refractivity contribution in [2.75, 3.05) is 19.8 Å². The molecule has 1 aliphatic heterocycles. The van der Waals surface area contributed by atoms with Crippen LogP contribution < -0.4 is 5.32 Å². The Hall–Kier alpha value is -0.0800. The molecule has 0 spiro atoms. The first kappa shape index (κ1) is 15.0. The van der Waals surface area contributed by atoms with Gasteiger partial charge >= 0.3 is 0 Å². The van der Waals surface area contributed by atoms with Crippen molar-refractivity contribution in [2.24, 2.45) is 5.92 Å². The van der Waals surface area contributed by atoms with Crippen LogP contribution in [0.15, 0.2) is 0 Å². The van der Waals surface area contributed by atoms with Gasteiger partial charge < -0.3 is 10.1 Å². The summed E-state index contributed by atoms with van der Waals surface area (Å²) in [7, 11) is 0. The van der Waals surface area contributed by atoms with Crippen LogP contribution in [0.5, 0.6) is 0 Å². The van der Waals surface area contributed by atoms with Crippen LogP contribution in [0.1, 0.15) is 65.2 Å². The summed E-state index contributed by atoms with van der Waals surface area (Å²) in [5, 5.41) is 3.62. The van der Waals surface area contributed by atoms with Crippen LogP contribution in [-0.2, 0) is 4.74 Å². The number of unbranched alkanes of at least 4 members (excludes halogenated alkanes) is 5. The van der Waals surface area contributed by atoms with Gasteiger partial charge in [0.2, 0.25) is 0 Å². The van der Waals surface area contributed by atoms with Gasteiger partial charge in [-0.05, 0) is 25.3 Å². The molecule has 17 heavy (non-hydrogen) atoms. The molecule has 1 heterocycles. The summed E-state index contributed by atoms with van der Waals surface area (Å²) >= 11 is 0. The number of hydrogen-bond acceptors (Lipinski definition) is 2. The first-order chi connectivity index (χ1) is 8.38. The van der Waals surface area contributed by atoms with E-state index in [9.17, 15) is 0 Å². The van der Waals surface area contributed by atoms with E-state index in [4.69, 9.17) is 4.74 Å². The molecule has 0 saturated carbocycles. The lowest BCUT2D eigenvalue weighted by Gasteiger charge is -2.32. The van der Waals surface area contributed by atoms with Crippen LogP contribution in [0.25, 0.3) is 0 Å². The lowest BCUT2D eigenvalue weighted by atomic mass is 9.90. The van der Waals surface area contributed by atoms with Crippen LogP contribution in [0.4, 0.5) is 0 Å². The summed E-state index contributed by atoms with van der Waals surface area (Å²) < 4.78 is 5.61. The molecular formula is C15H31NO. The predicted octanol–water partition coefficient (Wildman–Crippen LogP) is 3.75. The fourth-order valence-corrected chi connectivity index (χ4v) is 2.80. The van der Waals surface area contributed by atoms with Crippen molar-refractivity contribution in [2.45, 2.75) is 71.3 Å². The molecule has 0 bridgehead atoms. The highest BCUT2D eigenvalue weighted by atomic mass is 16.5. The molecule has 1 rings (SSSR count). The minimum Gasteiger partial charge on any atom is -0.381 e. The van der Waals surface area contributed by atoms with Gasteiger partial charge in [0.25, 0.3) is 0 Å². The standard InChI is InChI=1S/C15H31NO/c1-3-5-6-7-8-9-10-14-13-17-12-11-15(14)16-4-2/h14-16H,3-13H2,1-2H3. The SMILES string of the molecule is CCCCCCCCC1COCCC1NCC. The van der Waals surface area contributed by atoms with Gasteiger partial charge in [-0.25, -0.2) is 0 Å². The smallest absolute Gasteiger partial charge is 0.0509 e. The normalized spacial score (nSPS) is 25.1. The van der Waals surface area contributed by atoms with E-state index in [1.807, 2.05) is 0 Å². The van der Waals surface area contributed by atoms with Gasteiger partial charge in [0, 0.05) is 12.6 Å². The Morgan fingerprint density at radius 2 is 1.82 bits per heavy atom. The molecule has 0 aliphatic carbocycles. The van der Waals surface area contributed by atoms with Gasteiger partial charge in [-0.2, -0.15) is 0 Å². The van der Waals surface area contributed by atoms with Crippen molar-refractivity contribution in [3.8, 4) is 0 Å². The van der Waals surface area contributed by atoms with Crippen LogP contribution >= 0.6 is 0 Å². The van der Waals surface area contributed by atoms with Crippen molar-refractivity contribution >= 4 is 0 Å². The number of hydrogen-bond donors (Lipinski definition) is 1. The van der Waals surface area contributed by atoms with Crippen LogP contribution in [0.2, 0.25) is 0 Å². The average Bonchev–Trinajstić information content (AvgIpc) is 2.36. The van der Waals surface area contributed by atoms with E-state index in [0.717, 1.165) is 25.7 Å². The molecule has 1 saturated heterocycles. The molecule has 2 nitrogen and oxygen atoms in total. The van der Waals surface area contributed by atoms with Gasteiger partial charge in [0.1, 0.15) is 0 Å². The fraction of sp³-hybridized carbons (Fsp3) is 1.00. The van der Waals surface area contributed by atoms with E-state index in [1.165, 1.54) is 51.4 Å². The van der Waals surface area contributed by atoms with Crippen molar-refractivity contribution in [3.05, 3.63) is 0 Å². The van der Waals surface area contributed by atoms with Gasteiger partial charge in [-0.1, -0.05) is 52.4 Å². The van der Waals surface area contributed by atoms with E-state index < -0.39 is 0 Å². The van der Waals surface area contributed by atoms with E-state index in [2.05, 4.69) is 19.2 Å². The van der Waals surface area contributed by atoms with Gasteiger partial charge in [0.05, 0.1) is 6.61 Å². The van der Waals surface area contributed by atoms with Crippen molar-refractivity contribution in [1.29, 1.82) is 0 Å². The average molecular weight is 241 g/mol. The Kier molecular flexibility index (Phi) is 8.72. The predicted molar refractivity (Wildman–Crippen MR) is 74.4 cm³/mol. The second kappa shape index (κ2) is 9.90. The minimum atomic E-state index is 0.712. The zero-order valence-corrected chi connectivity index (χ0v) is 11.8. The van der Waals surface area contributed by atoms with E-state index in [1.54, 1.807) is 0 Å². The van der Waals surface area contributed by atoms with E-state index in [0.29, 0.717) is 6.04 Å². The highest BCUT2D eigenvalue weighted by molar-refractivity contribution is 4.79. The van der Waals surface area contributed by atoms with Crippen LogP contribution in [0, 0.1) is 5.92 Å². The molecule has 1 N–H and O–H groups in total. The molecule has 0 aromatic carbocycles. The second-order valence-corrected chi connectivity index (χ2v) is 5.34. The third-order valence-electron chi connectivity index (χ3n) is 3.87. The molecule has 0 radical (unpaired) electrons. The molecule has 2 unspecified atom stereocenters. The van der Waals surface area contributed by atoms with Crippen molar-refractivity contribution in [3.63, 3.8) is 0 Å². The highest BCUT2D eigenvalue weighted by Gasteiger charge is 2.24. The lowest BCUT2D eigenvalue weighted by Crippen LogP contribution is -2.42. The van der Waals surface area contributed by atoms with Crippen LogP contribution in [-0.4, -0.2) is 25.8 Å². The maximum atomic E-state index is 5.61. The second-order valence-electron chi connectivity index (χ2n) is 5.34. The summed E-state index contributed by atoms with van der Waals surface area (Å²) in [6, 6.07) is 0.712. The van der Waals surface area contributed by atoms with Gasteiger partial charge in [0.15, 0.2) is 0 Å². The number of rotatable bonds is 9. The summed E-state index contributed by atoms with van der Waals surface area (Å²) in [4.78, 5) is 0. The number of ether oxygens (including phenoxy) is 1. The first-order valence-electron chi connectivity index (χ1n) is 7.69. The Bertz CT molecular complexity index is 170. The molecule has 0 aromatic rings. The Labute approximate surface area is 108 Å². The largest absolute Gasteiger partial charge is 0.381 e. The van der Waals surface area contributed by atoms with Crippen LogP contribution in [0.3, 0.4) is 0 Å². The Balaban J connectivity index is 2.06.